The number of likely N-dealkylation sites (tertiary alicyclic amines) is 1. The number of halogens is 5. The zero-order chi connectivity index (χ0) is 19.5. The molecule has 1 saturated heterocycles. The lowest BCUT2D eigenvalue weighted by atomic mass is 9.89. The topological polar surface area (TPSA) is 29.5 Å². The van der Waals surface area contributed by atoms with Crippen molar-refractivity contribution in [2.45, 2.75) is 51.3 Å². The maximum absolute atomic E-state index is 13.8. The quantitative estimate of drug-likeness (QED) is 0.691. The van der Waals surface area contributed by atoms with Crippen molar-refractivity contribution in [3.63, 3.8) is 0 Å². The Bertz CT molecular complexity index is 795. The van der Waals surface area contributed by atoms with Crippen LogP contribution in [0, 0.1) is 0 Å². The second kappa shape index (κ2) is 5.69. The number of carbonyl (C=O) groups is 1. The van der Waals surface area contributed by atoms with Crippen molar-refractivity contribution >= 4 is 11.6 Å². The predicted molar refractivity (Wildman–Crippen MR) is 84.6 cm³/mol. The third-order valence-electron chi connectivity index (χ3n) is 4.92. The average Bonchev–Trinajstić information content (AvgIpc) is 2.92. The molecule has 1 amide bonds. The Morgan fingerprint density at radius 3 is 2.35 bits per heavy atom. The number of nitrogens with zero attached hydrogens (tertiary/aromatic N) is 1. The van der Waals surface area contributed by atoms with Gasteiger partial charge in [-0.1, -0.05) is 0 Å². The number of alkyl halides is 5. The molecule has 3 nitrogen and oxygen atoms in total. The molecule has 0 atom stereocenters. The minimum Gasteiger partial charge on any atom is -0.483 e. The molecule has 26 heavy (non-hydrogen) atoms. The van der Waals surface area contributed by atoms with Crippen molar-refractivity contribution in [1.29, 1.82) is 0 Å². The molecule has 2 aliphatic heterocycles. The van der Waals surface area contributed by atoms with Gasteiger partial charge < -0.3 is 9.64 Å². The first kappa shape index (κ1) is 18.7. The molecule has 0 saturated carbocycles. The molecule has 0 radical (unpaired) electrons. The molecule has 8 heteroatoms. The highest BCUT2D eigenvalue weighted by Crippen LogP contribution is 2.48. The molecule has 2 heterocycles. The smallest absolute Gasteiger partial charge is 0.458 e. The van der Waals surface area contributed by atoms with Crippen LogP contribution in [0.25, 0.3) is 5.70 Å². The first-order valence-electron chi connectivity index (χ1n) is 8.16. The van der Waals surface area contributed by atoms with Gasteiger partial charge in [-0.25, -0.2) is 0 Å². The number of amides is 1. The first-order valence-corrected chi connectivity index (χ1v) is 8.16. The van der Waals surface area contributed by atoms with E-state index in [0.717, 1.165) is 12.1 Å². The molecule has 0 unspecified atom stereocenters. The van der Waals surface area contributed by atoms with Crippen LogP contribution >= 0.6 is 0 Å². The van der Waals surface area contributed by atoms with Gasteiger partial charge in [-0.05, 0) is 51.0 Å². The molecule has 1 fully saturated rings. The van der Waals surface area contributed by atoms with Crippen LogP contribution < -0.4 is 4.74 Å². The number of benzene rings is 1. The third-order valence-corrected chi connectivity index (χ3v) is 4.92. The molecule has 0 bridgehead atoms. The maximum Gasteiger partial charge on any atom is 0.458 e. The lowest BCUT2D eigenvalue weighted by molar-refractivity contribution is -0.289. The summed E-state index contributed by atoms with van der Waals surface area (Å²) in [6, 6.07) is 2.61. The summed E-state index contributed by atoms with van der Waals surface area (Å²) in [6.45, 7) is 5.59. The Morgan fingerprint density at radius 2 is 1.81 bits per heavy atom. The number of fused-ring (bicyclic) bond motifs is 1. The highest BCUT2D eigenvalue weighted by molar-refractivity contribution is 5.91. The maximum atomic E-state index is 13.8. The minimum atomic E-state index is -5.71. The zero-order valence-electron chi connectivity index (χ0n) is 14.5. The number of ether oxygens (including phenoxy) is 1. The molecule has 0 N–H and O–H groups in total. The van der Waals surface area contributed by atoms with E-state index in [2.05, 4.69) is 0 Å². The van der Waals surface area contributed by atoms with Crippen molar-refractivity contribution in [3.05, 3.63) is 34.9 Å². The molecular weight excluding hydrogens is 357 g/mol. The highest BCUT2D eigenvalue weighted by atomic mass is 19.4. The average molecular weight is 375 g/mol. The van der Waals surface area contributed by atoms with E-state index in [1.807, 2.05) is 0 Å². The Kier molecular flexibility index (Phi) is 4.08. The SMILES string of the molecule is CC1=C(N2CCCC2=O)c2cc(C(F)(F)C(F)(F)F)ccc2OC1(C)C. The van der Waals surface area contributed by atoms with Gasteiger partial charge in [-0.3, -0.25) is 4.79 Å². The Hall–Kier alpha value is -2.12. The fraction of sp³-hybridized carbons (Fsp3) is 0.500. The lowest BCUT2D eigenvalue weighted by Gasteiger charge is -2.38. The summed E-state index contributed by atoms with van der Waals surface area (Å²) < 4.78 is 71.6. The van der Waals surface area contributed by atoms with E-state index in [1.165, 1.54) is 4.90 Å². The third kappa shape index (κ3) is 2.75. The van der Waals surface area contributed by atoms with Crippen LogP contribution in [0.1, 0.15) is 44.7 Å². The van der Waals surface area contributed by atoms with Crippen LogP contribution in [0.4, 0.5) is 22.0 Å². The molecule has 1 aromatic rings. The van der Waals surface area contributed by atoms with E-state index in [-0.39, 0.29) is 17.2 Å². The van der Waals surface area contributed by atoms with Gasteiger partial charge in [0.15, 0.2) is 0 Å². The molecule has 0 aliphatic carbocycles. The summed E-state index contributed by atoms with van der Waals surface area (Å²) in [5.41, 5.74) is -0.951. The highest BCUT2D eigenvalue weighted by Gasteiger charge is 2.59. The molecule has 1 aromatic carbocycles. The first-order chi connectivity index (χ1) is 11.9. The van der Waals surface area contributed by atoms with Gasteiger partial charge in [0.05, 0.1) is 5.70 Å². The summed E-state index contributed by atoms with van der Waals surface area (Å²) in [5, 5.41) is 0. The minimum absolute atomic E-state index is 0.0819. The van der Waals surface area contributed by atoms with Gasteiger partial charge in [0, 0.05) is 24.1 Å². The number of rotatable bonds is 2. The van der Waals surface area contributed by atoms with Crippen LogP contribution in [0.3, 0.4) is 0 Å². The number of hydrogen-bond acceptors (Lipinski definition) is 2. The van der Waals surface area contributed by atoms with Gasteiger partial charge in [0.1, 0.15) is 11.4 Å². The van der Waals surface area contributed by atoms with Gasteiger partial charge in [-0.15, -0.1) is 0 Å². The molecule has 0 aromatic heterocycles. The Labute approximate surface area is 147 Å². The normalized spacial score (nSPS) is 20.3. The summed E-state index contributed by atoms with van der Waals surface area (Å²) in [5.74, 6) is -5.00. The summed E-state index contributed by atoms with van der Waals surface area (Å²) >= 11 is 0. The Morgan fingerprint density at radius 1 is 1.15 bits per heavy atom. The fourth-order valence-corrected chi connectivity index (χ4v) is 3.23. The molecule has 0 spiro atoms. The van der Waals surface area contributed by atoms with Gasteiger partial charge >= 0.3 is 12.1 Å². The van der Waals surface area contributed by atoms with Crippen molar-refractivity contribution in [3.8, 4) is 5.75 Å². The van der Waals surface area contributed by atoms with Crippen molar-refractivity contribution < 1.29 is 31.5 Å². The fourth-order valence-electron chi connectivity index (χ4n) is 3.23. The van der Waals surface area contributed by atoms with E-state index < -0.39 is 23.3 Å². The number of carbonyl (C=O) groups excluding carboxylic acids is 1. The molecular formula is C18H18F5NO2. The van der Waals surface area contributed by atoms with E-state index in [4.69, 9.17) is 4.74 Å². The zero-order valence-corrected chi connectivity index (χ0v) is 14.5. The largest absolute Gasteiger partial charge is 0.483 e. The van der Waals surface area contributed by atoms with Crippen LogP contribution in [0.15, 0.2) is 23.8 Å². The van der Waals surface area contributed by atoms with Gasteiger partial charge in [-0.2, -0.15) is 22.0 Å². The van der Waals surface area contributed by atoms with Crippen molar-refractivity contribution in [2.75, 3.05) is 6.54 Å². The summed E-state index contributed by atoms with van der Waals surface area (Å²) in [4.78, 5) is 13.7. The standard InChI is InChI=1S/C18H18F5NO2/c1-10-15(24-8-4-5-14(24)25)12-9-11(17(19,20)18(21,22)23)6-7-13(12)26-16(10,2)3/h6-7,9H,4-5,8H2,1-3H3. The molecule has 142 valence electrons. The van der Waals surface area contributed by atoms with E-state index >= 15 is 0 Å². The van der Waals surface area contributed by atoms with E-state index in [0.29, 0.717) is 36.7 Å². The number of hydrogen-bond donors (Lipinski definition) is 0. The second-order valence-corrected chi connectivity index (χ2v) is 7.02. The van der Waals surface area contributed by atoms with Gasteiger partial charge in [0.25, 0.3) is 0 Å². The van der Waals surface area contributed by atoms with Crippen LogP contribution in [0.5, 0.6) is 5.75 Å². The summed E-state index contributed by atoms with van der Waals surface area (Å²) in [7, 11) is 0. The van der Waals surface area contributed by atoms with Crippen molar-refractivity contribution in [1.82, 2.24) is 4.90 Å². The second-order valence-electron chi connectivity index (χ2n) is 7.02. The summed E-state index contributed by atoms with van der Waals surface area (Å²) in [6.07, 6.45) is -4.80. The van der Waals surface area contributed by atoms with E-state index in [9.17, 15) is 26.7 Å². The Balaban J connectivity index is 2.20. The van der Waals surface area contributed by atoms with Crippen molar-refractivity contribution in [2.24, 2.45) is 0 Å². The predicted octanol–water partition coefficient (Wildman–Crippen LogP) is 4.87. The van der Waals surface area contributed by atoms with Gasteiger partial charge in [0.2, 0.25) is 5.91 Å². The monoisotopic (exact) mass is 375 g/mol. The molecule has 2 aliphatic rings. The van der Waals surface area contributed by atoms with E-state index in [1.54, 1.807) is 20.8 Å². The molecule has 3 rings (SSSR count). The van der Waals surface area contributed by atoms with Crippen LogP contribution in [-0.4, -0.2) is 29.1 Å². The lowest BCUT2D eigenvalue weighted by Crippen LogP contribution is -2.38. The van der Waals surface area contributed by atoms with Crippen LogP contribution in [0.2, 0.25) is 0 Å². The van der Waals surface area contributed by atoms with Crippen LogP contribution in [-0.2, 0) is 10.7 Å².